The Morgan fingerprint density at radius 1 is 1.57 bits per heavy atom. The highest BCUT2D eigenvalue weighted by Gasteiger charge is 2.28. The van der Waals surface area contributed by atoms with Gasteiger partial charge in [0.25, 0.3) is 5.91 Å². The van der Waals surface area contributed by atoms with Gasteiger partial charge < -0.3 is 14.8 Å². The number of nitrogens with zero attached hydrogens (tertiary/aromatic N) is 2. The molecule has 1 aromatic rings. The van der Waals surface area contributed by atoms with Gasteiger partial charge in [-0.15, -0.1) is 0 Å². The van der Waals surface area contributed by atoms with Crippen molar-refractivity contribution in [2.75, 3.05) is 20.2 Å². The number of hydrogen-bond acceptors (Lipinski definition) is 4. The largest absolute Gasteiger partial charge is 0.496 e. The summed E-state index contributed by atoms with van der Waals surface area (Å²) in [7, 11) is 1.59. The van der Waals surface area contributed by atoms with E-state index in [1.54, 1.807) is 25.3 Å². The number of oxime groups is 1. The van der Waals surface area contributed by atoms with E-state index in [-0.39, 0.29) is 11.8 Å². The molecule has 5 nitrogen and oxygen atoms in total. The Kier molecular flexibility index (Phi) is 5.22. The molecule has 1 aliphatic heterocycles. The summed E-state index contributed by atoms with van der Waals surface area (Å²) >= 11 is 3.40. The number of amides is 1. The van der Waals surface area contributed by atoms with Gasteiger partial charge in [0.2, 0.25) is 0 Å². The zero-order valence-corrected chi connectivity index (χ0v) is 13.8. The third-order valence-corrected chi connectivity index (χ3v) is 4.48. The monoisotopic (exact) mass is 354 g/mol. The topological polar surface area (TPSA) is 62.1 Å². The second-order valence-corrected chi connectivity index (χ2v) is 5.90. The normalized spacial score (nSPS) is 20.6. The lowest BCUT2D eigenvalue weighted by Crippen LogP contribution is -2.44. The number of carbonyl (C=O) groups excluding carboxylic acids is 1. The average Bonchev–Trinajstić information content (AvgIpc) is 2.53. The van der Waals surface area contributed by atoms with Gasteiger partial charge in [0, 0.05) is 31.0 Å². The first-order valence-corrected chi connectivity index (χ1v) is 7.73. The molecular weight excluding hydrogens is 336 g/mol. The maximum absolute atomic E-state index is 12.6. The van der Waals surface area contributed by atoms with E-state index in [9.17, 15) is 4.79 Å². The first-order valence-electron chi connectivity index (χ1n) is 6.94. The SMILES string of the molecule is CCC1CN(C(=O)c2ccc(OC)c(Br)c2)CC/C1=N\O. The molecule has 1 heterocycles. The summed E-state index contributed by atoms with van der Waals surface area (Å²) < 4.78 is 5.93. The van der Waals surface area contributed by atoms with E-state index in [1.807, 2.05) is 11.8 Å². The van der Waals surface area contributed by atoms with Crippen LogP contribution in [0.25, 0.3) is 0 Å². The van der Waals surface area contributed by atoms with Crippen LogP contribution >= 0.6 is 15.9 Å². The molecule has 1 unspecified atom stereocenters. The number of ether oxygens (including phenoxy) is 1. The van der Waals surface area contributed by atoms with Crippen LogP contribution in [0.2, 0.25) is 0 Å². The minimum atomic E-state index is -0.00575. The Bertz CT molecular complexity index is 560. The molecule has 0 aliphatic carbocycles. The zero-order valence-electron chi connectivity index (χ0n) is 12.2. The van der Waals surface area contributed by atoms with Crippen molar-refractivity contribution in [3.8, 4) is 5.75 Å². The standard InChI is InChI=1S/C15H19BrN2O3/c1-3-10-9-18(7-6-13(10)17-20)15(19)11-4-5-14(21-2)12(16)8-11/h4-5,8,10,20H,3,6-7,9H2,1-2H3/b17-13+. The molecule has 0 bridgehead atoms. The van der Waals surface area contributed by atoms with Gasteiger partial charge in [-0.2, -0.15) is 0 Å². The fourth-order valence-corrected chi connectivity index (χ4v) is 3.12. The Labute approximate surface area is 132 Å². The predicted octanol–water partition coefficient (Wildman–Crippen LogP) is 3.16. The van der Waals surface area contributed by atoms with Gasteiger partial charge in [-0.1, -0.05) is 12.1 Å². The Hall–Kier alpha value is -1.56. The van der Waals surface area contributed by atoms with Crippen molar-refractivity contribution in [1.29, 1.82) is 0 Å². The number of methoxy groups -OCH3 is 1. The van der Waals surface area contributed by atoms with Crippen LogP contribution < -0.4 is 4.74 Å². The molecule has 1 amide bonds. The molecule has 0 radical (unpaired) electrons. The molecule has 0 spiro atoms. The summed E-state index contributed by atoms with van der Waals surface area (Å²) in [5, 5.41) is 12.4. The van der Waals surface area contributed by atoms with Crippen molar-refractivity contribution in [2.45, 2.75) is 19.8 Å². The summed E-state index contributed by atoms with van der Waals surface area (Å²) in [5.74, 6) is 0.828. The molecule has 1 aliphatic rings. The molecule has 114 valence electrons. The molecule has 21 heavy (non-hydrogen) atoms. The minimum absolute atomic E-state index is 0.00575. The molecule has 1 N–H and O–H groups in total. The van der Waals surface area contributed by atoms with Crippen LogP contribution in [0.3, 0.4) is 0 Å². The van der Waals surface area contributed by atoms with Gasteiger partial charge in [-0.25, -0.2) is 0 Å². The maximum Gasteiger partial charge on any atom is 0.253 e. The van der Waals surface area contributed by atoms with E-state index >= 15 is 0 Å². The van der Waals surface area contributed by atoms with Crippen molar-refractivity contribution in [3.05, 3.63) is 28.2 Å². The summed E-state index contributed by atoms with van der Waals surface area (Å²) in [5.41, 5.74) is 1.42. The van der Waals surface area contributed by atoms with E-state index in [0.29, 0.717) is 30.8 Å². The maximum atomic E-state index is 12.6. The third kappa shape index (κ3) is 3.37. The van der Waals surface area contributed by atoms with Crippen LogP contribution in [0.4, 0.5) is 0 Å². The van der Waals surface area contributed by atoms with E-state index in [2.05, 4.69) is 21.1 Å². The van der Waals surface area contributed by atoms with Crippen LogP contribution in [0.15, 0.2) is 27.8 Å². The van der Waals surface area contributed by atoms with Crippen LogP contribution in [-0.4, -0.2) is 41.9 Å². The Morgan fingerprint density at radius 3 is 2.90 bits per heavy atom. The van der Waals surface area contributed by atoms with E-state index in [0.717, 1.165) is 16.6 Å². The Morgan fingerprint density at radius 2 is 2.33 bits per heavy atom. The smallest absolute Gasteiger partial charge is 0.253 e. The second kappa shape index (κ2) is 6.93. The molecular formula is C15H19BrN2O3. The first-order chi connectivity index (χ1) is 10.1. The number of piperidine rings is 1. The van der Waals surface area contributed by atoms with Gasteiger partial charge in [0.15, 0.2) is 0 Å². The number of rotatable bonds is 3. The highest BCUT2D eigenvalue weighted by atomic mass is 79.9. The summed E-state index contributed by atoms with van der Waals surface area (Å²) in [6, 6.07) is 5.32. The second-order valence-electron chi connectivity index (χ2n) is 5.05. The molecule has 1 saturated heterocycles. The van der Waals surface area contributed by atoms with E-state index in [1.165, 1.54) is 0 Å². The highest BCUT2D eigenvalue weighted by Crippen LogP contribution is 2.27. The van der Waals surface area contributed by atoms with Crippen molar-refractivity contribution in [1.82, 2.24) is 4.90 Å². The predicted molar refractivity (Wildman–Crippen MR) is 84.2 cm³/mol. The quantitative estimate of drug-likeness (QED) is 0.669. The van der Waals surface area contributed by atoms with Crippen LogP contribution in [0.5, 0.6) is 5.75 Å². The first kappa shape index (κ1) is 15.8. The zero-order chi connectivity index (χ0) is 15.4. The molecule has 2 rings (SSSR count). The van der Waals surface area contributed by atoms with Gasteiger partial charge in [0.1, 0.15) is 5.75 Å². The highest BCUT2D eigenvalue weighted by molar-refractivity contribution is 9.10. The van der Waals surface area contributed by atoms with Crippen LogP contribution in [0.1, 0.15) is 30.1 Å². The molecule has 0 aromatic heterocycles. The van der Waals surface area contributed by atoms with Crippen molar-refractivity contribution >= 4 is 27.5 Å². The number of likely N-dealkylation sites (tertiary alicyclic amines) is 1. The van der Waals surface area contributed by atoms with Gasteiger partial charge >= 0.3 is 0 Å². The van der Waals surface area contributed by atoms with E-state index in [4.69, 9.17) is 9.94 Å². The number of hydrogen-bond donors (Lipinski definition) is 1. The number of halogens is 1. The van der Waals surface area contributed by atoms with Crippen LogP contribution in [-0.2, 0) is 0 Å². The average molecular weight is 355 g/mol. The number of benzene rings is 1. The molecule has 1 fully saturated rings. The van der Waals surface area contributed by atoms with Crippen LogP contribution in [0, 0.1) is 5.92 Å². The van der Waals surface area contributed by atoms with Crippen molar-refractivity contribution < 1.29 is 14.7 Å². The molecule has 1 aromatic carbocycles. The number of carbonyl (C=O) groups is 1. The van der Waals surface area contributed by atoms with Gasteiger partial charge in [-0.05, 0) is 40.5 Å². The lowest BCUT2D eigenvalue weighted by molar-refractivity contribution is 0.0729. The van der Waals surface area contributed by atoms with Gasteiger partial charge in [0.05, 0.1) is 17.3 Å². The Balaban J connectivity index is 2.15. The summed E-state index contributed by atoms with van der Waals surface area (Å²) in [4.78, 5) is 14.4. The molecule has 0 saturated carbocycles. The third-order valence-electron chi connectivity index (χ3n) is 3.86. The van der Waals surface area contributed by atoms with Crippen molar-refractivity contribution in [3.63, 3.8) is 0 Å². The lowest BCUT2D eigenvalue weighted by Gasteiger charge is -2.33. The molecule has 1 atom stereocenters. The lowest BCUT2D eigenvalue weighted by atomic mass is 9.93. The fraction of sp³-hybridized carbons (Fsp3) is 0.467. The van der Waals surface area contributed by atoms with Gasteiger partial charge in [-0.3, -0.25) is 4.79 Å². The van der Waals surface area contributed by atoms with Crippen molar-refractivity contribution in [2.24, 2.45) is 11.1 Å². The summed E-state index contributed by atoms with van der Waals surface area (Å²) in [6.45, 7) is 3.21. The summed E-state index contributed by atoms with van der Waals surface area (Å²) in [6.07, 6.45) is 1.48. The molecule has 6 heteroatoms. The fourth-order valence-electron chi connectivity index (χ4n) is 2.58. The van der Waals surface area contributed by atoms with E-state index < -0.39 is 0 Å². The minimum Gasteiger partial charge on any atom is -0.496 e.